The molecule has 9 nitrogen and oxygen atoms in total. The Balaban J connectivity index is 1.33. The van der Waals surface area contributed by atoms with Crippen LogP contribution in [0.3, 0.4) is 0 Å². The summed E-state index contributed by atoms with van der Waals surface area (Å²) < 4.78 is 5.50. The van der Waals surface area contributed by atoms with Gasteiger partial charge in [-0.15, -0.1) is 0 Å². The zero-order chi connectivity index (χ0) is 26.6. The monoisotopic (exact) mass is 522 g/mol. The van der Waals surface area contributed by atoms with Gasteiger partial charge >= 0.3 is 6.03 Å². The Hall–Kier alpha value is -2.75. The summed E-state index contributed by atoms with van der Waals surface area (Å²) in [6, 6.07) is 10.6. The quantitative estimate of drug-likeness (QED) is 0.385. The molecule has 2 aromatic rings. The molecule has 5 rings (SSSR count). The zero-order valence-corrected chi connectivity index (χ0v) is 22.8. The summed E-state index contributed by atoms with van der Waals surface area (Å²) in [5.74, 6) is 0.523. The SMILES string of the molecule is CCCOCCNc1ncc(N2C[C@]3(CC[C@@](NC)(c4ccccc4)CC3)N(CC3(O)CCC3)C2=O)cn1. The van der Waals surface area contributed by atoms with E-state index in [0.29, 0.717) is 37.9 Å². The van der Waals surface area contributed by atoms with Crippen molar-refractivity contribution in [3.05, 3.63) is 48.3 Å². The average molecular weight is 523 g/mol. The molecule has 1 aromatic heterocycles. The highest BCUT2D eigenvalue weighted by Gasteiger charge is 2.56. The Morgan fingerprint density at radius 3 is 2.34 bits per heavy atom. The van der Waals surface area contributed by atoms with Gasteiger partial charge in [0.25, 0.3) is 0 Å². The van der Waals surface area contributed by atoms with E-state index in [-0.39, 0.29) is 17.1 Å². The van der Waals surface area contributed by atoms with E-state index in [4.69, 9.17) is 4.74 Å². The largest absolute Gasteiger partial charge is 0.388 e. The fourth-order valence-corrected chi connectivity index (χ4v) is 6.31. The van der Waals surface area contributed by atoms with E-state index in [1.54, 1.807) is 12.4 Å². The van der Waals surface area contributed by atoms with Gasteiger partial charge in [-0.2, -0.15) is 0 Å². The number of hydrogen-bond donors (Lipinski definition) is 3. The second-order valence-corrected chi connectivity index (χ2v) is 11.3. The Kier molecular flexibility index (Phi) is 7.88. The van der Waals surface area contributed by atoms with E-state index < -0.39 is 5.60 Å². The van der Waals surface area contributed by atoms with Gasteiger partial charge in [0.15, 0.2) is 0 Å². The van der Waals surface area contributed by atoms with Crippen LogP contribution in [-0.4, -0.2) is 77.0 Å². The number of nitrogens with one attached hydrogen (secondary N) is 2. The molecule has 1 aromatic carbocycles. The minimum Gasteiger partial charge on any atom is -0.388 e. The second-order valence-electron chi connectivity index (χ2n) is 11.3. The fourth-order valence-electron chi connectivity index (χ4n) is 6.31. The number of amides is 2. The molecule has 1 aliphatic heterocycles. The van der Waals surface area contributed by atoms with Crippen LogP contribution in [0.1, 0.15) is 63.9 Å². The van der Waals surface area contributed by atoms with Crippen LogP contribution in [0, 0.1) is 0 Å². The lowest BCUT2D eigenvalue weighted by Gasteiger charge is -2.50. The molecule has 0 bridgehead atoms. The van der Waals surface area contributed by atoms with Gasteiger partial charge in [-0.05, 0) is 64.0 Å². The predicted molar refractivity (Wildman–Crippen MR) is 148 cm³/mol. The number of nitrogens with zero attached hydrogens (tertiary/aromatic N) is 4. The molecule has 0 radical (unpaired) electrons. The Labute approximate surface area is 226 Å². The van der Waals surface area contributed by atoms with E-state index in [1.807, 2.05) is 16.8 Å². The topological polar surface area (TPSA) is 103 Å². The van der Waals surface area contributed by atoms with Crippen molar-refractivity contribution in [2.75, 3.05) is 50.1 Å². The number of aliphatic hydroxyl groups is 1. The first-order valence-corrected chi connectivity index (χ1v) is 14.1. The van der Waals surface area contributed by atoms with Gasteiger partial charge in [-0.1, -0.05) is 37.3 Å². The van der Waals surface area contributed by atoms with Crippen molar-refractivity contribution in [1.82, 2.24) is 20.2 Å². The summed E-state index contributed by atoms with van der Waals surface area (Å²) in [4.78, 5) is 26.6. The first kappa shape index (κ1) is 26.8. The summed E-state index contributed by atoms with van der Waals surface area (Å²) in [6.07, 6.45) is 10.5. The second kappa shape index (κ2) is 11.2. The van der Waals surface area contributed by atoms with E-state index in [9.17, 15) is 9.90 Å². The molecule has 2 saturated carbocycles. The molecule has 3 N–H and O–H groups in total. The molecule has 1 saturated heterocycles. The van der Waals surface area contributed by atoms with Crippen molar-refractivity contribution >= 4 is 17.7 Å². The first-order valence-electron chi connectivity index (χ1n) is 14.1. The van der Waals surface area contributed by atoms with Gasteiger partial charge in [0, 0.05) is 18.7 Å². The van der Waals surface area contributed by atoms with Gasteiger partial charge in [-0.3, -0.25) is 4.90 Å². The Morgan fingerprint density at radius 2 is 1.74 bits per heavy atom. The maximum atomic E-state index is 13.9. The number of anilines is 2. The molecule has 1 spiro atoms. The lowest BCUT2D eigenvalue weighted by Crippen LogP contribution is -2.59. The minimum atomic E-state index is -0.778. The number of hydrogen-bond acceptors (Lipinski definition) is 7. The van der Waals surface area contributed by atoms with Crippen LogP contribution in [-0.2, 0) is 10.3 Å². The lowest BCUT2D eigenvalue weighted by atomic mass is 9.68. The average Bonchev–Trinajstić information content (AvgIpc) is 3.20. The maximum absolute atomic E-state index is 13.9. The molecule has 206 valence electrons. The highest BCUT2D eigenvalue weighted by molar-refractivity contribution is 5.95. The smallest absolute Gasteiger partial charge is 0.325 e. The number of carbonyl (C=O) groups is 1. The summed E-state index contributed by atoms with van der Waals surface area (Å²) in [5, 5.41) is 17.9. The Morgan fingerprint density at radius 1 is 1.03 bits per heavy atom. The van der Waals surface area contributed by atoms with Gasteiger partial charge < -0.3 is 25.4 Å². The molecule has 0 atom stereocenters. The normalized spacial score (nSPS) is 26.6. The number of ether oxygens (including phenoxy) is 1. The van der Waals surface area contributed by atoms with E-state index >= 15 is 0 Å². The van der Waals surface area contributed by atoms with Crippen LogP contribution in [0.5, 0.6) is 0 Å². The summed E-state index contributed by atoms with van der Waals surface area (Å²) >= 11 is 0. The third kappa shape index (κ3) is 5.24. The molecule has 2 amide bonds. The lowest BCUT2D eigenvalue weighted by molar-refractivity contribution is -0.0690. The highest BCUT2D eigenvalue weighted by atomic mass is 16.5. The molecule has 3 fully saturated rings. The highest BCUT2D eigenvalue weighted by Crippen LogP contribution is 2.48. The third-order valence-electron chi connectivity index (χ3n) is 8.89. The molecule has 2 heterocycles. The molecular formula is C29H42N6O3. The molecule has 38 heavy (non-hydrogen) atoms. The third-order valence-corrected chi connectivity index (χ3v) is 8.89. The zero-order valence-electron chi connectivity index (χ0n) is 22.8. The van der Waals surface area contributed by atoms with Crippen LogP contribution >= 0.6 is 0 Å². The standard InChI is InChI=1S/C29H42N6O3/c1-3-17-38-18-16-31-25-32-19-24(20-33-25)34-21-27(35(26(34)36)22-28(37)10-7-11-28)12-14-29(30-2,15-13-27)23-8-5-4-6-9-23/h4-6,8-9,19-20,30,37H,3,7,10-18,21-22H2,1-2H3,(H,31,32,33)/t27-,29+. The molecule has 0 unspecified atom stereocenters. The van der Waals surface area contributed by atoms with Gasteiger partial charge in [0.2, 0.25) is 5.95 Å². The number of benzene rings is 1. The number of carbonyl (C=O) groups excluding carboxylic acids is 1. The van der Waals surface area contributed by atoms with Crippen molar-refractivity contribution in [3.63, 3.8) is 0 Å². The van der Waals surface area contributed by atoms with Crippen LogP contribution < -0.4 is 15.5 Å². The molecule has 3 aliphatic rings. The van der Waals surface area contributed by atoms with Crippen LogP contribution in [0.25, 0.3) is 0 Å². The van der Waals surface area contributed by atoms with Crippen molar-refractivity contribution in [2.45, 2.75) is 75.0 Å². The minimum absolute atomic E-state index is 0.0562. The predicted octanol–water partition coefficient (Wildman–Crippen LogP) is 3.90. The number of aromatic nitrogens is 2. The van der Waals surface area contributed by atoms with Crippen LogP contribution in [0.2, 0.25) is 0 Å². The molecule has 2 aliphatic carbocycles. The fraction of sp³-hybridized carbons (Fsp3) is 0.621. The number of β-amino-alcohol motifs (C(OH)–C–C–N with tert-alkyl or cyclic N) is 1. The summed E-state index contributed by atoms with van der Waals surface area (Å²) in [7, 11) is 2.04. The molecular weight excluding hydrogens is 480 g/mol. The van der Waals surface area contributed by atoms with Gasteiger partial charge in [0.1, 0.15) is 0 Å². The summed E-state index contributed by atoms with van der Waals surface area (Å²) in [5.41, 5.74) is 0.766. The van der Waals surface area contributed by atoms with E-state index in [1.165, 1.54) is 5.56 Å². The van der Waals surface area contributed by atoms with Crippen molar-refractivity contribution < 1.29 is 14.6 Å². The van der Waals surface area contributed by atoms with Crippen LogP contribution in [0.4, 0.5) is 16.4 Å². The van der Waals surface area contributed by atoms with Crippen molar-refractivity contribution in [1.29, 1.82) is 0 Å². The number of urea groups is 1. The van der Waals surface area contributed by atoms with E-state index in [0.717, 1.165) is 58.0 Å². The Bertz CT molecular complexity index is 1070. The van der Waals surface area contributed by atoms with Crippen molar-refractivity contribution in [3.8, 4) is 0 Å². The van der Waals surface area contributed by atoms with E-state index in [2.05, 4.69) is 57.9 Å². The first-order chi connectivity index (χ1) is 18.4. The molecule has 9 heteroatoms. The van der Waals surface area contributed by atoms with Crippen LogP contribution in [0.15, 0.2) is 42.7 Å². The maximum Gasteiger partial charge on any atom is 0.325 e. The van der Waals surface area contributed by atoms with Gasteiger partial charge in [-0.25, -0.2) is 14.8 Å². The number of rotatable bonds is 11. The van der Waals surface area contributed by atoms with Gasteiger partial charge in [0.05, 0.1) is 48.9 Å². The van der Waals surface area contributed by atoms with Crippen molar-refractivity contribution in [2.24, 2.45) is 0 Å². The summed E-state index contributed by atoms with van der Waals surface area (Å²) in [6.45, 7) is 5.02.